The monoisotopic (exact) mass is 430 g/mol. The molecule has 4 heteroatoms. The van der Waals surface area contributed by atoms with Crippen molar-refractivity contribution in [2.45, 2.75) is 59.0 Å². The molecule has 1 heterocycles. The molecule has 30 heavy (non-hydrogen) atoms. The predicted molar refractivity (Wildman–Crippen MR) is 132 cm³/mol. The average molecular weight is 431 g/mol. The van der Waals surface area contributed by atoms with E-state index in [0.29, 0.717) is 17.8 Å². The molecule has 0 saturated carbocycles. The van der Waals surface area contributed by atoms with Crippen LogP contribution in [-0.2, 0) is 5.67 Å². The molecule has 0 fully saturated rings. The van der Waals surface area contributed by atoms with E-state index in [1.54, 1.807) is 25.8 Å². The first-order chi connectivity index (χ1) is 14.3. The van der Waals surface area contributed by atoms with Crippen LogP contribution in [-0.4, -0.2) is 18.8 Å². The molecule has 0 saturated heterocycles. The molecule has 3 rings (SSSR count). The highest BCUT2D eigenvalue weighted by atomic mass is 32.2. The zero-order valence-electron chi connectivity index (χ0n) is 19.2. The van der Waals surface area contributed by atoms with Crippen LogP contribution in [0.3, 0.4) is 0 Å². The number of benzene rings is 2. The number of alkyl halides is 1. The van der Waals surface area contributed by atoms with E-state index in [9.17, 15) is 4.39 Å². The topological polar surface area (TPSA) is 24.1 Å². The van der Waals surface area contributed by atoms with Gasteiger partial charge < -0.3 is 5.32 Å². The van der Waals surface area contributed by atoms with Gasteiger partial charge in [-0.05, 0) is 61.6 Å². The maximum absolute atomic E-state index is 14.3. The average Bonchev–Trinajstić information content (AvgIpc) is 2.74. The minimum atomic E-state index is -1.28. The summed E-state index contributed by atoms with van der Waals surface area (Å²) in [5, 5.41) is 3.56. The van der Waals surface area contributed by atoms with Crippen LogP contribution in [0.4, 0.5) is 10.1 Å². The third-order valence-corrected chi connectivity index (χ3v) is 6.52. The molecule has 0 aromatic heterocycles. The van der Waals surface area contributed by atoms with Crippen LogP contribution >= 0.6 is 11.9 Å². The molecular formula is C26H39FN2S. The first-order valence-electron chi connectivity index (χ1n) is 11.2. The van der Waals surface area contributed by atoms with Crippen LogP contribution in [0.25, 0.3) is 0 Å². The van der Waals surface area contributed by atoms with Crippen molar-refractivity contribution in [3.8, 4) is 0 Å². The summed E-state index contributed by atoms with van der Waals surface area (Å²) in [6, 6.07) is 18.0. The fraction of sp³-hybridized carbons (Fsp3) is 0.538. The highest BCUT2D eigenvalue weighted by Gasteiger charge is 2.28. The van der Waals surface area contributed by atoms with Crippen LogP contribution in [0.1, 0.15) is 64.5 Å². The number of halogens is 1. The molecule has 166 valence electrons. The van der Waals surface area contributed by atoms with Gasteiger partial charge in [0.25, 0.3) is 0 Å². The Kier molecular flexibility index (Phi) is 10.2. The van der Waals surface area contributed by atoms with Gasteiger partial charge in [0, 0.05) is 24.5 Å². The maximum atomic E-state index is 14.3. The molecular weight excluding hydrogens is 391 g/mol. The first-order valence-corrected chi connectivity index (χ1v) is 12.2. The Labute approximate surface area is 187 Å². The summed E-state index contributed by atoms with van der Waals surface area (Å²) < 4.78 is 17.7. The fourth-order valence-electron chi connectivity index (χ4n) is 3.78. The van der Waals surface area contributed by atoms with Crippen molar-refractivity contribution >= 4 is 17.6 Å². The minimum absolute atomic E-state index is 0.480. The Hall–Kier alpha value is -1.52. The number of hydrogen-bond donors (Lipinski definition) is 2. The summed E-state index contributed by atoms with van der Waals surface area (Å²) in [6.07, 6.45) is 2.45. The largest absolute Gasteiger partial charge is 0.385 e. The van der Waals surface area contributed by atoms with Crippen molar-refractivity contribution < 1.29 is 4.39 Å². The van der Waals surface area contributed by atoms with Gasteiger partial charge in [-0.2, -0.15) is 0 Å². The summed E-state index contributed by atoms with van der Waals surface area (Å²) >= 11 is 1.80. The van der Waals surface area contributed by atoms with Gasteiger partial charge in [-0.15, -0.1) is 0 Å². The van der Waals surface area contributed by atoms with Crippen LogP contribution in [0, 0.1) is 11.8 Å². The number of rotatable bonds is 8. The van der Waals surface area contributed by atoms with Gasteiger partial charge in [-0.25, -0.2) is 4.39 Å². The fourth-order valence-corrected chi connectivity index (χ4v) is 4.39. The Bertz CT molecular complexity index is 703. The molecule has 3 atom stereocenters. The van der Waals surface area contributed by atoms with Crippen LogP contribution in [0.5, 0.6) is 0 Å². The third-order valence-electron chi connectivity index (χ3n) is 5.87. The van der Waals surface area contributed by atoms with Crippen molar-refractivity contribution in [1.82, 2.24) is 4.72 Å². The molecule has 2 aromatic carbocycles. The lowest BCUT2D eigenvalue weighted by Crippen LogP contribution is -2.28. The number of nitrogens with one attached hydrogen (secondary N) is 2. The van der Waals surface area contributed by atoms with Crippen molar-refractivity contribution in [2.75, 3.05) is 24.2 Å². The van der Waals surface area contributed by atoms with E-state index < -0.39 is 5.67 Å². The second kappa shape index (κ2) is 12.4. The molecule has 0 radical (unpaired) electrons. The second-order valence-electron chi connectivity index (χ2n) is 8.82. The summed E-state index contributed by atoms with van der Waals surface area (Å²) in [6.45, 7) is 12.2. The number of fused-ring (bicyclic) bond motifs is 1. The molecule has 2 nitrogen and oxygen atoms in total. The molecule has 0 spiro atoms. The van der Waals surface area contributed by atoms with E-state index in [1.807, 2.05) is 48.5 Å². The normalized spacial score (nSPS) is 19.1. The molecule has 1 aliphatic rings. The van der Waals surface area contributed by atoms with Crippen molar-refractivity contribution in [3.05, 3.63) is 65.7 Å². The van der Waals surface area contributed by atoms with Crippen molar-refractivity contribution in [2.24, 2.45) is 11.8 Å². The van der Waals surface area contributed by atoms with Gasteiger partial charge in [0.05, 0.1) is 0 Å². The smallest absolute Gasteiger partial charge is 0.130 e. The van der Waals surface area contributed by atoms with E-state index >= 15 is 0 Å². The zero-order chi connectivity index (χ0) is 22.0. The molecule has 0 bridgehead atoms. The van der Waals surface area contributed by atoms with Gasteiger partial charge in [0.15, 0.2) is 0 Å². The zero-order valence-corrected chi connectivity index (χ0v) is 20.1. The highest BCUT2D eigenvalue weighted by Crippen LogP contribution is 2.40. The summed E-state index contributed by atoms with van der Waals surface area (Å²) in [7, 11) is 0. The quantitative estimate of drug-likeness (QED) is 0.337. The van der Waals surface area contributed by atoms with E-state index in [0.717, 1.165) is 24.4 Å². The summed E-state index contributed by atoms with van der Waals surface area (Å²) in [5.41, 5.74) is 1.96. The maximum Gasteiger partial charge on any atom is 0.130 e. The lowest BCUT2D eigenvalue weighted by molar-refractivity contribution is 0.221. The predicted octanol–water partition coefficient (Wildman–Crippen LogP) is 7.40. The van der Waals surface area contributed by atoms with Gasteiger partial charge in [-0.1, -0.05) is 81.3 Å². The van der Waals surface area contributed by atoms with Gasteiger partial charge in [0.2, 0.25) is 0 Å². The molecule has 3 unspecified atom stereocenters. The molecule has 2 N–H and O–H groups in total. The lowest BCUT2D eigenvalue weighted by Gasteiger charge is -2.34. The standard InChI is InChI=1S/C20H33FN2S.C6H6/c1-6-24-23-12-14(2)7-8-16-13-22-19-10-9-17(20(4,5)21)11-18(19)15(16)3;1-2-4-6-5-3-1/h9-11,14-16,22-23H,6-8,12-13H2,1-5H3;1-6H. The van der Waals surface area contributed by atoms with Gasteiger partial charge >= 0.3 is 0 Å². The Balaban J connectivity index is 0.000000456. The Morgan fingerprint density at radius 1 is 1.17 bits per heavy atom. The Morgan fingerprint density at radius 2 is 1.80 bits per heavy atom. The number of hydrogen-bond acceptors (Lipinski definition) is 3. The highest BCUT2D eigenvalue weighted by molar-refractivity contribution is 7.97. The Morgan fingerprint density at radius 3 is 2.37 bits per heavy atom. The van der Waals surface area contributed by atoms with Crippen molar-refractivity contribution in [1.29, 1.82) is 0 Å². The summed E-state index contributed by atoms with van der Waals surface area (Å²) in [5.74, 6) is 2.90. The van der Waals surface area contributed by atoms with Crippen LogP contribution < -0.4 is 10.0 Å². The molecule has 0 amide bonds. The van der Waals surface area contributed by atoms with Gasteiger partial charge in [-0.3, -0.25) is 4.72 Å². The molecule has 0 aliphatic carbocycles. The van der Waals surface area contributed by atoms with E-state index in [2.05, 4.69) is 36.9 Å². The summed E-state index contributed by atoms with van der Waals surface area (Å²) in [4.78, 5) is 0. The van der Waals surface area contributed by atoms with E-state index in [4.69, 9.17) is 0 Å². The SMILES string of the molecule is CCSNCC(C)CCC1CNc2ccc(C(C)(C)F)cc2C1C.c1ccccc1. The first kappa shape index (κ1) is 24.7. The number of anilines is 1. The van der Waals surface area contributed by atoms with Gasteiger partial charge in [0.1, 0.15) is 5.67 Å². The van der Waals surface area contributed by atoms with Crippen LogP contribution in [0.15, 0.2) is 54.6 Å². The molecule has 2 aromatic rings. The van der Waals surface area contributed by atoms with Crippen molar-refractivity contribution in [3.63, 3.8) is 0 Å². The van der Waals surface area contributed by atoms with E-state index in [1.165, 1.54) is 24.1 Å². The lowest BCUT2D eigenvalue weighted by atomic mass is 9.78. The third kappa shape index (κ3) is 7.96. The van der Waals surface area contributed by atoms with Crippen LogP contribution in [0.2, 0.25) is 0 Å². The van der Waals surface area contributed by atoms with E-state index in [-0.39, 0.29) is 0 Å². The minimum Gasteiger partial charge on any atom is -0.385 e. The second-order valence-corrected chi connectivity index (χ2v) is 9.98. The molecule has 1 aliphatic heterocycles.